The monoisotopic (exact) mass is 543 g/mol. The number of carbonyl (C=O) groups is 4. The van der Waals surface area contributed by atoms with Crippen LogP contribution < -0.4 is 11.1 Å². The van der Waals surface area contributed by atoms with Gasteiger partial charge in [-0.3, -0.25) is 14.5 Å². The van der Waals surface area contributed by atoms with Crippen LogP contribution in [0.5, 0.6) is 0 Å². The molecule has 0 aliphatic carbocycles. The molecule has 3 rings (SSSR count). The summed E-state index contributed by atoms with van der Waals surface area (Å²) in [6, 6.07) is -0.958. The fourth-order valence-corrected chi connectivity index (χ4v) is 5.25. The van der Waals surface area contributed by atoms with Crippen molar-refractivity contribution in [1.29, 1.82) is 0 Å². The Labute approximate surface area is 214 Å². The Morgan fingerprint density at radius 2 is 2.08 bits per heavy atom. The average Bonchev–Trinajstić information content (AvgIpc) is 3.26. The van der Waals surface area contributed by atoms with E-state index in [1.165, 1.54) is 43.2 Å². The molecule has 14 nitrogen and oxygen atoms in total. The van der Waals surface area contributed by atoms with E-state index >= 15 is 0 Å². The van der Waals surface area contributed by atoms with Crippen molar-refractivity contribution in [2.24, 2.45) is 5.16 Å². The first-order chi connectivity index (χ1) is 17.2. The molecule has 2 unspecified atom stereocenters. The number of oxime groups is 1. The Hall–Kier alpha value is -3.37. The van der Waals surface area contributed by atoms with Crippen molar-refractivity contribution in [1.82, 2.24) is 15.2 Å². The van der Waals surface area contributed by atoms with E-state index in [1.807, 2.05) is 0 Å². The lowest BCUT2D eigenvalue weighted by Gasteiger charge is -2.49. The van der Waals surface area contributed by atoms with Crippen LogP contribution in [0.25, 0.3) is 0 Å². The van der Waals surface area contributed by atoms with E-state index in [0.717, 1.165) is 11.3 Å². The van der Waals surface area contributed by atoms with E-state index in [1.54, 1.807) is 6.92 Å². The zero-order chi connectivity index (χ0) is 26.4. The SMILES string of the molecule is CCOC(=O)OC(C)OC(=O)C1=C(COC)CS[C@H]2C(NC(=O)C(=NOC)c3csc(N)n3)C(=O)N12. The summed E-state index contributed by atoms with van der Waals surface area (Å²) >= 11 is 2.45. The number of nitrogens with one attached hydrogen (secondary N) is 1. The first-order valence-corrected chi connectivity index (χ1v) is 12.5. The minimum absolute atomic E-state index is 0.0338. The van der Waals surface area contributed by atoms with Crippen molar-refractivity contribution in [3.63, 3.8) is 0 Å². The van der Waals surface area contributed by atoms with Gasteiger partial charge in [0, 0.05) is 25.2 Å². The smallest absolute Gasteiger partial charge is 0.435 e. The largest absolute Gasteiger partial charge is 0.511 e. The molecule has 2 amide bonds. The number of nitrogens with two attached hydrogens (primary N) is 1. The van der Waals surface area contributed by atoms with Gasteiger partial charge in [0.15, 0.2) is 10.8 Å². The second kappa shape index (κ2) is 12.0. The van der Waals surface area contributed by atoms with E-state index in [9.17, 15) is 19.2 Å². The van der Waals surface area contributed by atoms with Crippen molar-refractivity contribution in [3.05, 3.63) is 22.3 Å². The fraction of sp³-hybridized carbons (Fsp3) is 0.500. The number of carbonyl (C=O) groups excluding carboxylic acids is 4. The number of thiazole rings is 1. The van der Waals surface area contributed by atoms with E-state index in [-0.39, 0.29) is 35.4 Å². The highest BCUT2D eigenvalue weighted by Crippen LogP contribution is 2.41. The van der Waals surface area contributed by atoms with Crippen LogP contribution in [0.4, 0.5) is 9.93 Å². The maximum absolute atomic E-state index is 13.1. The van der Waals surface area contributed by atoms with Gasteiger partial charge in [0.25, 0.3) is 11.8 Å². The number of esters is 1. The van der Waals surface area contributed by atoms with Crippen molar-refractivity contribution < 1.29 is 43.0 Å². The second-order valence-electron chi connectivity index (χ2n) is 7.21. The molecule has 2 aliphatic rings. The normalized spacial score (nSPS) is 20.2. The number of hydrogen-bond donors (Lipinski definition) is 2. The van der Waals surface area contributed by atoms with Gasteiger partial charge >= 0.3 is 12.1 Å². The number of methoxy groups -OCH3 is 1. The van der Waals surface area contributed by atoms with Gasteiger partial charge in [-0.05, 0) is 12.5 Å². The van der Waals surface area contributed by atoms with Crippen LogP contribution in [-0.4, -0.2) is 90.4 Å². The summed E-state index contributed by atoms with van der Waals surface area (Å²) in [5.74, 6) is -1.81. The van der Waals surface area contributed by atoms with Gasteiger partial charge in [-0.15, -0.1) is 23.1 Å². The summed E-state index contributed by atoms with van der Waals surface area (Å²) in [5, 5.41) is 7.48. The van der Waals surface area contributed by atoms with Gasteiger partial charge in [-0.1, -0.05) is 5.16 Å². The number of aromatic nitrogens is 1. The van der Waals surface area contributed by atoms with Crippen LogP contribution in [-0.2, 0) is 38.2 Å². The molecule has 1 aromatic heterocycles. The standard InChI is InChI=1S/C20H25N5O9S2/c1-5-32-20(29)34-9(2)33-18(28)14-10(6-30-3)7-35-17-13(16(27)25(14)17)23-15(26)12(24-31-4)11-8-36-19(21)22-11/h8-9,13,17H,5-7H2,1-4H3,(H2,21,22)(H,23,26)/t9?,13?,17-/m0/s1. The number of rotatable bonds is 10. The number of β-lactam (4-membered cyclic amide) rings is 1. The third-order valence-electron chi connectivity index (χ3n) is 4.81. The molecule has 0 aromatic carbocycles. The van der Waals surface area contributed by atoms with Gasteiger partial charge < -0.3 is 34.8 Å². The zero-order valence-corrected chi connectivity index (χ0v) is 21.5. The van der Waals surface area contributed by atoms with Gasteiger partial charge in [0.2, 0.25) is 6.29 Å². The highest BCUT2D eigenvalue weighted by atomic mass is 32.2. The quantitative estimate of drug-likeness (QED) is 0.137. The number of anilines is 1. The number of amides is 2. The lowest BCUT2D eigenvalue weighted by molar-refractivity contribution is -0.169. The number of ether oxygens (including phenoxy) is 4. The summed E-state index contributed by atoms with van der Waals surface area (Å²) in [7, 11) is 2.71. The van der Waals surface area contributed by atoms with Crippen LogP contribution >= 0.6 is 23.1 Å². The second-order valence-corrected chi connectivity index (χ2v) is 9.21. The highest BCUT2D eigenvalue weighted by molar-refractivity contribution is 8.00. The molecule has 16 heteroatoms. The van der Waals surface area contributed by atoms with Crippen LogP contribution in [0.15, 0.2) is 21.8 Å². The van der Waals surface area contributed by atoms with Gasteiger partial charge in [0.05, 0.1) is 13.2 Å². The molecule has 1 aromatic rings. The summed E-state index contributed by atoms with van der Waals surface area (Å²) < 4.78 is 19.9. The molecule has 3 N–H and O–H groups in total. The Bertz CT molecular complexity index is 1090. The Morgan fingerprint density at radius 1 is 1.33 bits per heavy atom. The average molecular weight is 544 g/mol. The minimum Gasteiger partial charge on any atom is -0.435 e. The summed E-state index contributed by atoms with van der Waals surface area (Å²) in [4.78, 5) is 60.4. The van der Waals surface area contributed by atoms with Crippen molar-refractivity contribution in [3.8, 4) is 0 Å². The van der Waals surface area contributed by atoms with Crippen LogP contribution in [0.1, 0.15) is 19.5 Å². The van der Waals surface area contributed by atoms with Crippen LogP contribution in [0.3, 0.4) is 0 Å². The number of fused-ring (bicyclic) bond motifs is 1. The predicted molar refractivity (Wildman–Crippen MR) is 128 cm³/mol. The molecule has 2 aliphatic heterocycles. The number of nitrogens with zero attached hydrogens (tertiary/aromatic N) is 3. The highest BCUT2D eigenvalue weighted by Gasteiger charge is 2.55. The fourth-order valence-electron chi connectivity index (χ4n) is 3.38. The van der Waals surface area contributed by atoms with Gasteiger partial charge in [0.1, 0.15) is 29.9 Å². The summed E-state index contributed by atoms with van der Waals surface area (Å²) in [6.07, 6.45) is -2.27. The zero-order valence-electron chi connectivity index (χ0n) is 19.8. The topological polar surface area (TPSA) is 181 Å². The Balaban J connectivity index is 1.75. The molecule has 3 atom stereocenters. The Kier molecular flexibility index (Phi) is 9.11. The van der Waals surface area contributed by atoms with Gasteiger partial charge in [-0.25, -0.2) is 14.6 Å². The molecule has 0 bridgehead atoms. The molecule has 196 valence electrons. The first kappa shape index (κ1) is 27.2. The molecule has 36 heavy (non-hydrogen) atoms. The van der Waals surface area contributed by atoms with Crippen molar-refractivity contribution in [2.45, 2.75) is 31.6 Å². The van der Waals surface area contributed by atoms with Crippen molar-refractivity contribution >= 4 is 57.9 Å². The molecular formula is C20H25N5O9S2. The number of hydrogen-bond acceptors (Lipinski definition) is 14. The molecule has 0 saturated carbocycles. The van der Waals surface area contributed by atoms with E-state index in [4.69, 9.17) is 24.8 Å². The lowest BCUT2D eigenvalue weighted by Crippen LogP contribution is -2.71. The van der Waals surface area contributed by atoms with Gasteiger partial charge in [-0.2, -0.15) is 0 Å². The van der Waals surface area contributed by atoms with E-state index in [2.05, 4.69) is 20.2 Å². The minimum atomic E-state index is -1.27. The van der Waals surface area contributed by atoms with E-state index < -0.39 is 41.6 Å². The number of thioether (sulfide) groups is 1. The number of nitrogen functional groups attached to an aromatic ring is 1. The summed E-state index contributed by atoms with van der Waals surface area (Å²) in [5.41, 5.74) is 6.15. The van der Waals surface area contributed by atoms with Crippen molar-refractivity contribution in [2.75, 3.05) is 38.9 Å². The van der Waals surface area contributed by atoms with E-state index in [0.29, 0.717) is 11.3 Å². The third kappa shape index (κ3) is 5.88. The molecule has 1 fully saturated rings. The van der Waals surface area contributed by atoms with Crippen LogP contribution in [0.2, 0.25) is 0 Å². The maximum atomic E-state index is 13.1. The molecule has 1 saturated heterocycles. The molecular weight excluding hydrogens is 518 g/mol. The Morgan fingerprint density at radius 3 is 2.69 bits per heavy atom. The molecule has 0 radical (unpaired) electrons. The molecule has 0 spiro atoms. The summed E-state index contributed by atoms with van der Waals surface area (Å²) in [6.45, 7) is 3.08. The first-order valence-electron chi connectivity index (χ1n) is 10.5. The lowest BCUT2D eigenvalue weighted by atomic mass is 10.0. The predicted octanol–water partition coefficient (Wildman–Crippen LogP) is 0.439. The third-order valence-corrected chi connectivity index (χ3v) is 6.82. The maximum Gasteiger partial charge on any atom is 0.511 e. The van der Waals surface area contributed by atoms with Crippen LogP contribution in [0, 0.1) is 0 Å². The molecule has 3 heterocycles.